The Morgan fingerprint density at radius 3 is 2.50 bits per heavy atom. The molecule has 0 aromatic heterocycles. The number of carboxylic acid groups (broad SMARTS) is 1. The minimum atomic E-state index is -0.939. The van der Waals surface area contributed by atoms with E-state index in [9.17, 15) is 4.79 Å². The van der Waals surface area contributed by atoms with Gasteiger partial charge in [-0.05, 0) is 40.8 Å². The molecule has 0 heterocycles. The molecule has 1 aromatic rings. The summed E-state index contributed by atoms with van der Waals surface area (Å²) in [6, 6.07) is 7.37. The van der Waals surface area contributed by atoms with Crippen LogP contribution in [-0.4, -0.2) is 17.2 Å². The first-order valence-electron chi connectivity index (χ1n) is 4.96. The van der Waals surface area contributed by atoms with Gasteiger partial charge in [-0.3, -0.25) is 0 Å². The van der Waals surface area contributed by atoms with Crippen molar-refractivity contribution in [2.24, 2.45) is 5.41 Å². The van der Waals surface area contributed by atoms with Crippen molar-refractivity contribution in [3.8, 4) is 5.75 Å². The molecule has 0 fully saturated rings. The van der Waals surface area contributed by atoms with Crippen LogP contribution in [0.15, 0.2) is 24.3 Å². The molecule has 1 N–H and O–H groups in total. The van der Waals surface area contributed by atoms with E-state index in [-0.39, 0.29) is 0 Å². The number of benzene rings is 1. The topological polar surface area (TPSA) is 46.5 Å². The first kappa shape index (κ1) is 13.3. The molecule has 1 unspecified atom stereocenters. The summed E-state index contributed by atoms with van der Waals surface area (Å²) in [5.41, 5.74) is -0.437. The number of halogens is 1. The van der Waals surface area contributed by atoms with Crippen molar-refractivity contribution in [1.82, 2.24) is 0 Å². The average molecular weight is 334 g/mol. The van der Waals surface area contributed by atoms with E-state index >= 15 is 0 Å². The molecule has 3 nitrogen and oxygen atoms in total. The SMILES string of the molecule is CC(C)(C)C(Oc1cccc(I)c1)C(=O)O. The molecule has 0 radical (unpaired) electrons. The number of hydrogen-bond donors (Lipinski definition) is 1. The van der Waals surface area contributed by atoms with Crippen LogP contribution in [0.5, 0.6) is 5.75 Å². The lowest BCUT2D eigenvalue weighted by Crippen LogP contribution is -2.39. The Kier molecular flexibility index (Phi) is 4.18. The summed E-state index contributed by atoms with van der Waals surface area (Å²) < 4.78 is 6.54. The quantitative estimate of drug-likeness (QED) is 0.864. The maximum absolute atomic E-state index is 11.1. The molecule has 1 rings (SSSR count). The highest BCUT2D eigenvalue weighted by Crippen LogP contribution is 2.25. The van der Waals surface area contributed by atoms with Crippen molar-refractivity contribution in [3.05, 3.63) is 27.8 Å². The number of carboxylic acids is 1. The minimum Gasteiger partial charge on any atom is -0.478 e. The average Bonchev–Trinajstić information content (AvgIpc) is 2.12. The normalized spacial score (nSPS) is 13.2. The molecule has 1 aromatic carbocycles. The van der Waals surface area contributed by atoms with Gasteiger partial charge in [0.1, 0.15) is 5.75 Å². The van der Waals surface area contributed by atoms with E-state index in [0.29, 0.717) is 5.75 Å². The molecular formula is C12H15IO3. The second-order valence-corrected chi connectivity index (χ2v) is 5.91. The van der Waals surface area contributed by atoms with Crippen molar-refractivity contribution in [1.29, 1.82) is 0 Å². The number of hydrogen-bond acceptors (Lipinski definition) is 2. The van der Waals surface area contributed by atoms with Gasteiger partial charge in [0.15, 0.2) is 6.10 Å². The van der Waals surface area contributed by atoms with E-state index in [1.165, 1.54) is 0 Å². The van der Waals surface area contributed by atoms with Gasteiger partial charge in [0, 0.05) is 8.99 Å². The third-order valence-electron chi connectivity index (χ3n) is 2.06. The van der Waals surface area contributed by atoms with Crippen molar-refractivity contribution >= 4 is 28.6 Å². The summed E-state index contributed by atoms with van der Waals surface area (Å²) in [4.78, 5) is 11.1. The zero-order valence-corrected chi connectivity index (χ0v) is 11.7. The molecule has 16 heavy (non-hydrogen) atoms. The molecule has 0 aliphatic rings. The van der Waals surface area contributed by atoms with Crippen molar-refractivity contribution in [2.75, 3.05) is 0 Å². The molecule has 0 spiro atoms. The van der Waals surface area contributed by atoms with Gasteiger partial charge in [0.2, 0.25) is 0 Å². The number of rotatable bonds is 3. The number of ether oxygens (including phenoxy) is 1. The van der Waals surface area contributed by atoms with Gasteiger partial charge < -0.3 is 9.84 Å². The fourth-order valence-electron chi connectivity index (χ4n) is 1.27. The predicted molar refractivity (Wildman–Crippen MR) is 70.7 cm³/mol. The fraction of sp³-hybridized carbons (Fsp3) is 0.417. The van der Waals surface area contributed by atoms with E-state index in [0.717, 1.165) is 3.57 Å². The van der Waals surface area contributed by atoms with Gasteiger partial charge in [0.05, 0.1) is 0 Å². The summed E-state index contributed by atoms with van der Waals surface area (Å²) in [6.07, 6.45) is -0.842. The molecule has 0 aliphatic heterocycles. The van der Waals surface area contributed by atoms with Crippen LogP contribution >= 0.6 is 22.6 Å². The molecule has 0 saturated heterocycles. The van der Waals surface area contributed by atoms with Crippen molar-refractivity contribution in [2.45, 2.75) is 26.9 Å². The zero-order chi connectivity index (χ0) is 12.3. The van der Waals surface area contributed by atoms with Crippen LogP contribution < -0.4 is 4.74 Å². The lowest BCUT2D eigenvalue weighted by molar-refractivity contribution is -0.150. The Labute approximate surface area is 109 Å². The van der Waals surface area contributed by atoms with E-state index < -0.39 is 17.5 Å². The minimum absolute atomic E-state index is 0.437. The first-order chi connectivity index (χ1) is 7.30. The number of aliphatic carboxylic acids is 1. The van der Waals surface area contributed by atoms with Gasteiger partial charge >= 0.3 is 5.97 Å². The van der Waals surface area contributed by atoms with E-state index in [4.69, 9.17) is 9.84 Å². The standard InChI is InChI=1S/C12H15IO3/c1-12(2,3)10(11(14)15)16-9-6-4-5-8(13)7-9/h4-7,10H,1-3H3,(H,14,15). The highest BCUT2D eigenvalue weighted by Gasteiger charge is 2.33. The van der Waals surface area contributed by atoms with Gasteiger partial charge in [-0.1, -0.05) is 26.8 Å². The van der Waals surface area contributed by atoms with E-state index in [1.54, 1.807) is 6.07 Å². The second kappa shape index (κ2) is 5.03. The van der Waals surface area contributed by atoms with Crippen LogP contribution in [0, 0.1) is 8.99 Å². The highest BCUT2D eigenvalue weighted by molar-refractivity contribution is 14.1. The molecule has 88 valence electrons. The van der Waals surface area contributed by atoms with Gasteiger partial charge in [-0.25, -0.2) is 4.79 Å². The monoisotopic (exact) mass is 334 g/mol. The van der Waals surface area contributed by atoms with Gasteiger partial charge in [-0.15, -0.1) is 0 Å². The predicted octanol–water partition coefficient (Wildman–Crippen LogP) is 3.17. The van der Waals surface area contributed by atoms with Crippen LogP contribution in [0.1, 0.15) is 20.8 Å². The second-order valence-electron chi connectivity index (χ2n) is 4.66. The van der Waals surface area contributed by atoms with Crippen LogP contribution in [0.4, 0.5) is 0 Å². The van der Waals surface area contributed by atoms with Crippen LogP contribution in [0.25, 0.3) is 0 Å². The number of carbonyl (C=O) groups is 1. The fourth-order valence-corrected chi connectivity index (χ4v) is 1.79. The molecule has 0 amide bonds. The van der Waals surface area contributed by atoms with Gasteiger partial charge in [0.25, 0.3) is 0 Å². The third-order valence-corrected chi connectivity index (χ3v) is 2.73. The maximum atomic E-state index is 11.1. The molecule has 0 bridgehead atoms. The van der Waals surface area contributed by atoms with Crippen LogP contribution in [0.3, 0.4) is 0 Å². The highest BCUT2D eigenvalue weighted by atomic mass is 127. The Bertz CT molecular complexity index is 382. The maximum Gasteiger partial charge on any atom is 0.345 e. The first-order valence-corrected chi connectivity index (χ1v) is 6.03. The Morgan fingerprint density at radius 1 is 1.44 bits per heavy atom. The largest absolute Gasteiger partial charge is 0.478 e. The zero-order valence-electron chi connectivity index (χ0n) is 9.53. The summed E-state index contributed by atoms with van der Waals surface area (Å²) in [7, 11) is 0. The Hall–Kier alpha value is -0.780. The molecule has 0 saturated carbocycles. The summed E-state index contributed by atoms with van der Waals surface area (Å²) >= 11 is 2.16. The third kappa shape index (κ3) is 3.66. The summed E-state index contributed by atoms with van der Waals surface area (Å²) in [6.45, 7) is 5.54. The van der Waals surface area contributed by atoms with E-state index in [2.05, 4.69) is 22.6 Å². The molecular weight excluding hydrogens is 319 g/mol. The lowest BCUT2D eigenvalue weighted by Gasteiger charge is -2.27. The summed E-state index contributed by atoms with van der Waals surface area (Å²) in [5.74, 6) is -0.347. The van der Waals surface area contributed by atoms with Crippen LogP contribution in [-0.2, 0) is 4.79 Å². The van der Waals surface area contributed by atoms with Crippen LogP contribution in [0.2, 0.25) is 0 Å². The molecule has 4 heteroatoms. The molecule has 1 atom stereocenters. The van der Waals surface area contributed by atoms with E-state index in [1.807, 2.05) is 39.0 Å². The Morgan fingerprint density at radius 2 is 2.06 bits per heavy atom. The lowest BCUT2D eigenvalue weighted by atomic mass is 9.89. The smallest absolute Gasteiger partial charge is 0.345 e. The van der Waals surface area contributed by atoms with Crippen molar-refractivity contribution < 1.29 is 14.6 Å². The van der Waals surface area contributed by atoms with Gasteiger partial charge in [-0.2, -0.15) is 0 Å². The Balaban J connectivity index is 2.89. The van der Waals surface area contributed by atoms with Crippen molar-refractivity contribution in [3.63, 3.8) is 0 Å². The molecule has 0 aliphatic carbocycles. The summed E-state index contributed by atoms with van der Waals surface area (Å²) in [5, 5.41) is 9.11.